The summed E-state index contributed by atoms with van der Waals surface area (Å²) >= 11 is 5.67. The molecule has 0 saturated heterocycles. The van der Waals surface area contributed by atoms with Gasteiger partial charge in [-0.3, -0.25) is 0 Å². The predicted molar refractivity (Wildman–Crippen MR) is 64.3 cm³/mol. The van der Waals surface area contributed by atoms with E-state index in [1.807, 2.05) is 27.7 Å². The first kappa shape index (κ1) is 15.2. The lowest BCUT2D eigenvalue weighted by atomic mass is 10.1. The topological polar surface area (TPSA) is 49.4 Å². The van der Waals surface area contributed by atoms with Crippen LogP contribution in [0.15, 0.2) is 0 Å². The summed E-state index contributed by atoms with van der Waals surface area (Å²) in [5, 5.41) is 0. The van der Waals surface area contributed by atoms with E-state index in [-0.39, 0.29) is 18.0 Å². The van der Waals surface area contributed by atoms with E-state index in [1.54, 1.807) is 7.05 Å². The van der Waals surface area contributed by atoms with E-state index in [1.165, 1.54) is 4.31 Å². The van der Waals surface area contributed by atoms with Gasteiger partial charge >= 0.3 is 0 Å². The van der Waals surface area contributed by atoms with Crippen LogP contribution in [0.2, 0.25) is 0 Å². The van der Waals surface area contributed by atoms with Crippen LogP contribution in [0.3, 0.4) is 0 Å². The lowest BCUT2D eigenvalue weighted by Gasteiger charge is -2.25. The summed E-state index contributed by atoms with van der Waals surface area (Å²) in [6, 6.07) is -0.213. The van der Waals surface area contributed by atoms with Gasteiger partial charge in [-0.1, -0.05) is 6.92 Å². The van der Waals surface area contributed by atoms with E-state index in [2.05, 4.69) is 4.72 Å². The average Bonchev–Trinajstić information content (AvgIpc) is 2.14. The molecule has 0 saturated carbocycles. The van der Waals surface area contributed by atoms with Crippen LogP contribution in [0.25, 0.3) is 0 Å². The summed E-state index contributed by atoms with van der Waals surface area (Å²) in [5.41, 5.74) is 0. The van der Waals surface area contributed by atoms with Crippen LogP contribution in [0.1, 0.15) is 27.7 Å². The zero-order chi connectivity index (χ0) is 12.2. The molecular weight excluding hydrogens is 236 g/mol. The highest BCUT2D eigenvalue weighted by molar-refractivity contribution is 7.87. The van der Waals surface area contributed by atoms with Crippen molar-refractivity contribution in [2.75, 3.05) is 12.9 Å². The van der Waals surface area contributed by atoms with Gasteiger partial charge in [0.25, 0.3) is 10.2 Å². The van der Waals surface area contributed by atoms with Crippen LogP contribution in [-0.2, 0) is 10.2 Å². The highest BCUT2D eigenvalue weighted by Crippen LogP contribution is 2.08. The van der Waals surface area contributed by atoms with Crippen LogP contribution in [0.4, 0.5) is 0 Å². The second kappa shape index (κ2) is 6.03. The van der Waals surface area contributed by atoms with Crippen molar-refractivity contribution >= 4 is 21.8 Å². The first-order valence-electron chi connectivity index (χ1n) is 5.03. The van der Waals surface area contributed by atoms with Crippen LogP contribution in [0, 0.1) is 5.92 Å². The van der Waals surface area contributed by atoms with Gasteiger partial charge in [-0.15, -0.1) is 11.6 Å². The molecule has 15 heavy (non-hydrogen) atoms. The number of nitrogens with one attached hydrogen (secondary N) is 1. The smallest absolute Gasteiger partial charge is 0.199 e. The van der Waals surface area contributed by atoms with Crippen LogP contribution in [-0.4, -0.2) is 37.7 Å². The zero-order valence-electron chi connectivity index (χ0n) is 9.99. The van der Waals surface area contributed by atoms with Gasteiger partial charge in [-0.2, -0.15) is 17.4 Å². The highest BCUT2D eigenvalue weighted by atomic mass is 35.5. The number of nitrogens with zero attached hydrogens (tertiary/aromatic N) is 1. The van der Waals surface area contributed by atoms with Crippen molar-refractivity contribution in [1.29, 1.82) is 0 Å². The molecule has 0 aromatic carbocycles. The largest absolute Gasteiger partial charge is 0.279 e. The molecule has 4 nitrogen and oxygen atoms in total. The Kier molecular flexibility index (Phi) is 6.10. The van der Waals surface area contributed by atoms with Crippen molar-refractivity contribution in [3.05, 3.63) is 0 Å². The third-order valence-corrected chi connectivity index (χ3v) is 4.87. The Morgan fingerprint density at radius 2 is 1.73 bits per heavy atom. The lowest BCUT2D eigenvalue weighted by molar-refractivity contribution is 0.386. The third-order valence-electron chi connectivity index (χ3n) is 2.54. The van der Waals surface area contributed by atoms with Gasteiger partial charge in [0.2, 0.25) is 0 Å². The molecule has 0 radical (unpaired) electrons. The van der Waals surface area contributed by atoms with Gasteiger partial charge in [0.1, 0.15) is 0 Å². The third kappa shape index (κ3) is 4.68. The van der Waals surface area contributed by atoms with E-state index in [4.69, 9.17) is 11.6 Å². The van der Waals surface area contributed by atoms with Gasteiger partial charge in [0.05, 0.1) is 0 Å². The fraction of sp³-hybridized carbons (Fsp3) is 1.00. The van der Waals surface area contributed by atoms with Crippen LogP contribution < -0.4 is 4.72 Å². The summed E-state index contributed by atoms with van der Waals surface area (Å²) in [7, 11) is -1.83. The molecular formula is C9H21ClN2O2S. The molecule has 0 amide bonds. The molecule has 0 aliphatic carbocycles. The average molecular weight is 257 g/mol. The lowest BCUT2D eigenvalue weighted by Crippen LogP contribution is -2.47. The molecule has 0 spiro atoms. The maximum absolute atomic E-state index is 11.8. The number of halogens is 1. The van der Waals surface area contributed by atoms with Crippen LogP contribution in [0.5, 0.6) is 0 Å². The Morgan fingerprint density at radius 3 is 2.07 bits per heavy atom. The minimum atomic E-state index is -3.39. The monoisotopic (exact) mass is 256 g/mol. The van der Waals surface area contributed by atoms with Gasteiger partial charge < -0.3 is 0 Å². The van der Waals surface area contributed by atoms with Crippen molar-refractivity contribution in [3.8, 4) is 0 Å². The fourth-order valence-electron chi connectivity index (χ4n) is 0.845. The Hall–Kier alpha value is 0.160. The molecule has 2 atom stereocenters. The van der Waals surface area contributed by atoms with Crippen LogP contribution >= 0.6 is 11.6 Å². The molecule has 0 rings (SSSR count). The predicted octanol–water partition coefficient (Wildman–Crippen LogP) is 1.42. The molecule has 1 N–H and O–H groups in total. The Morgan fingerprint density at radius 1 is 1.27 bits per heavy atom. The molecule has 0 aromatic heterocycles. The van der Waals surface area contributed by atoms with E-state index in [9.17, 15) is 8.42 Å². The van der Waals surface area contributed by atoms with E-state index < -0.39 is 10.2 Å². The SMILES string of the molecule is CC(CCl)C(C)NS(=O)(=O)N(C)C(C)C. The molecule has 0 aromatic rings. The van der Waals surface area contributed by atoms with Crippen molar-refractivity contribution in [3.63, 3.8) is 0 Å². The number of alkyl halides is 1. The first-order valence-corrected chi connectivity index (χ1v) is 7.01. The molecule has 0 aliphatic rings. The van der Waals surface area contributed by atoms with Crippen molar-refractivity contribution in [2.45, 2.75) is 39.8 Å². The van der Waals surface area contributed by atoms with Crippen molar-refractivity contribution in [1.82, 2.24) is 9.03 Å². The summed E-state index contributed by atoms with van der Waals surface area (Å²) in [6.07, 6.45) is 0. The number of hydrogen-bond donors (Lipinski definition) is 1. The highest BCUT2D eigenvalue weighted by Gasteiger charge is 2.24. The summed E-state index contributed by atoms with van der Waals surface area (Å²) in [5.74, 6) is 0.553. The van der Waals surface area contributed by atoms with E-state index >= 15 is 0 Å². The van der Waals surface area contributed by atoms with E-state index in [0.29, 0.717) is 5.88 Å². The Bertz CT molecular complexity index is 280. The normalized spacial score (nSPS) is 17.1. The summed E-state index contributed by atoms with van der Waals surface area (Å²) in [4.78, 5) is 0. The second-order valence-corrected chi connectivity index (χ2v) is 6.22. The molecule has 0 aliphatic heterocycles. The second-order valence-electron chi connectivity index (χ2n) is 4.15. The standard InChI is InChI=1S/C9H21ClN2O2S/c1-7(2)12(5)15(13,14)11-9(4)8(3)6-10/h7-9,11H,6H2,1-5H3. The number of hydrogen-bond acceptors (Lipinski definition) is 2. The minimum Gasteiger partial charge on any atom is -0.199 e. The summed E-state index contributed by atoms with van der Waals surface area (Å²) < 4.78 is 27.5. The van der Waals surface area contributed by atoms with Crippen molar-refractivity contribution in [2.24, 2.45) is 5.92 Å². The van der Waals surface area contributed by atoms with Gasteiger partial charge in [-0.05, 0) is 26.7 Å². The quantitative estimate of drug-likeness (QED) is 0.731. The maximum Gasteiger partial charge on any atom is 0.279 e. The molecule has 92 valence electrons. The number of rotatable bonds is 6. The van der Waals surface area contributed by atoms with Crippen molar-refractivity contribution < 1.29 is 8.42 Å². The first-order chi connectivity index (χ1) is 6.72. The summed E-state index contributed by atoms with van der Waals surface area (Å²) in [6.45, 7) is 7.39. The molecule has 0 bridgehead atoms. The minimum absolute atomic E-state index is 0.0546. The molecule has 0 heterocycles. The van der Waals surface area contributed by atoms with E-state index in [0.717, 1.165) is 0 Å². The zero-order valence-corrected chi connectivity index (χ0v) is 11.6. The molecule has 6 heteroatoms. The van der Waals surface area contributed by atoms with Gasteiger partial charge in [-0.25, -0.2) is 0 Å². The maximum atomic E-state index is 11.8. The Balaban J connectivity index is 4.52. The molecule has 2 unspecified atom stereocenters. The van der Waals surface area contributed by atoms with Gasteiger partial charge in [0, 0.05) is 25.0 Å². The fourth-order valence-corrected chi connectivity index (χ4v) is 2.54. The van der Waals surface area contributed by atoms with Gasteiger partial charge in [0.15, 0.2) is 0 Å². The molecule has 0 fully saturated rings. The Labute approximate surface area is 98.2 Å².